The van der Waals surface area contributed by atoms with Gasteiger partial charge in [-0.05, 0) is 68.7 Å². The number of pyridine rings is 1. The fourth-order valence-corrected chi connectivity index (χ4v) is 5.56. The van der Waals surface area contributed by atoms with Gasteiger partial charge in [-0.2, -0.15) is 6.07 Å². The number of hydrogen-bond acceptors (Lipinski definition) is 5. The van der Waals surface area contributed by atoms with Crippen molar-refractivity contribution >= 4 is 22.7 Å². The number of rotatable bonds is 8. The van der Waals surface area contributed by atoms with Crippen molar-refractivity contribution in [1.29, 1.82) is 0 Å². The third kappa shape index (κ3) is 10.3. The van der Waals surface area contributed by atoms with Crippen molar-refractivity contribution in [2.45, 2.75) is 105 Å². The number of benzene rings is 4. The van der Waals surface area contributed by atoms with Crippen molar-refractivity contribution in [1.82, 2.24) is 4.98 Å². The first-order chi connectivity index (χ1) is 23.7. The molecule has 5 nitrogen and oxygen atoms in total. The van der Waals surface area contributed by atoms with E-state index in [0.29, 0.717) is 23.1 Å². The average Bonchev–Trinajstić information content (AvgIpc) is 3.03. The van der Waals surface area contributed by atoms with Crippen molar-refractivity contribution < 1.29 is 30.5 Å². The molecule has 5 aromatic rings. The molecule has 0 aliphatic rings. The normalized spacial score (nSPS) is 12.2. The van der Waals surface area contributed by atoms with E-state index in [-0.39, 0.29) is 42.7 Å². The molecule has 0 amide bonds. The molecule has 0 fully saturated rings. The van der Waals surface area contributed by atoms with Crippen LogP contribution in [-0.4, -0.2) is 4.98 Å². The third-order valence-corrected chi connectivity index (χ3v) is 8.93. The number of ether oxygens (including phenoxy) is 2. The number of anilines is 4. The third-order valence-electron chi connectivity index (χ3n) is 8.93. The zero-order valence-electron chi connectivity index (χ0n) is 32.9. The summed E-state index contributed by atoms with van der Waals surface area (Å²) in [5.41, 5.74) is 8.17. The smallest absolute Gasteiger partial charge is 0.216 e. The van der Waals surface area contributed by atoms with E-state index in [1.54, 1.807) is 6.20 Å². The Labute approximate surface area is 327 Å². The van der Waals surface area contributed by atoms with Crippen molar-refractivity contribution in [3.63, 3.8) is 0 Å². The molecule has 4 aromatic carbocycles. The van der Waals surface area contributed by atoms with Crippen LogP contribution >= 0.6 is 0 Å². The van der Waals surface area contributed by atoms with Crippen molar-refractivity contribution in [3.8, 4) is 23.1 Å². The van der Waals surface area contributed by atoms with Gasteiger partial charge >= 0.3 is 0 Å². The first-order valence-corrected chi connectivity index (χ1v) is 17.7. The van der Waals surface area contributed by atoms with Gasteiger partial charge in [-0.15, -0.1) is 41.6 Å². The van der Waals surface area contributed by atoms with E-state index in [0.717, 1.165) is 33.9 Å². The molecule has 0 aliphatic carbocycles. The maximum atomic E-state index is 6.45. The summed E-state index contributed by atoms with van der Waals surface area (Å²) in [7, 11) is 4.48. The minimum Gasteiger partial charge on any atom is -0.516 e. The molecule has 6 heteroatoms. The number of hydrogen-bond donors (Lipinski definition) is 1. The van der Waals surface area contributed by atoms with E-state index in [1.165, 1.54) is 11.1 Å². The summed E-state index contributed by atoms with van der Waals surface area (Å²) in [6.07, 6.45) is 1.78. The van der Waals surface area contributed by atoms with Crippen molar-refractivity contribution in [2.75, 3.05) is 10.2 Å². The van der Waals surface area contributed by atoms with Gasteiger partial charge in [-0.3, -0.25) is 7.05 Å². The first-order valence-electron chi connectivity index (χ1n) is 17.7. The fourth-order valence-electron chi connectivity index (χ4n) is 5.56. The van der Waals surface area contributed by atoms with Gasteiger partial charge in [0.1, 0.15) is 0 Å². The Morgan fingerprint density at radius 1 is 0.577 bits per heavy atom. The molecular weight excluding hydrogens is 822 g/mol. The van der Waals surface area contributed by atoms with E-state index in [1.807, 2.05) is 47.4 Å². The molecule has 0 bridgehead atoms. The molecule has 0 saturated heterocycles. The van der Waals surface area contributed by atoms with Gasteiger partial charge in [-0.1, -0.05) is 107 Å². The molecule has 0 atom stereocenters. The second kappa shape index (κ2) is 15.5. The van der Waals surface area contributed by atoms with Crippen LogP contribution in [0.4, 0.5) is 22.7 Å². The fraction of sp³-hybridized carbons (Fsp3) is 0.348. The largest absolute Gasteiger partial charge is 0.516 e. The Bertz CT molecular complexity index is 1990. The SMILES string of the molecule is [CH2-]N(c1[c-]c(Oc2[c-]c(Oc3cc(C(C)(C)C)ccn3)cc(C(C)(C)C)c2)ccc1)c1ccc(C(C)(C)C)cc1Nc1cccc(C(C)(C)C)c1.[Pt]. The second-order valence-corrected chi connectivity index (χ2v) is 17.5. The van der Waals surface area contributed by atoms with Crippen LogP contribution in [0.5, 0.6) is 23.1 Å². The molecule has 1 heterocycles. The minimum absolute atomic E-state index is 0. The molecule has 52 heavy (non-hydrogen) atoms. The molecule has 1 N–H and O–H groups in total. The van der Waals surface area contributed by atoms with Gasteiger partial charge in [0.15, 0.2) is 0 Å². The van der Waals surface area contributed by atoms with E-state index >= 15 is 0 Å². The minimum atomic E-state index is -0.156. The second-order valence-electron chi connectivity index (χ2n) is 17.5. The van der Waals surface area contributed by atoms with Crippen LogP contribution in [0, 0.1) is 19.2 Å². The van der Waals surface area contributed by atoms with Crippen LogP contribution in [0.2, 0.25) is 0 Å². The number of nitrogens with zero attached hydrogens (tertiary/aromatic N) is 2. The Morgan fingerprint density at radius 3 is 1.79 bits per heavy atom. The van der Waals surface area contributed by atoms with E-state index in [2.05, 4.69) is 155 Å². The summed E-state index contributed by atoms with van der Waals surface area (Å²) in [6, 6.07) is 35.7. The molecule has 0 radical (unpaired) electrons. The van der Waals surface area contributed by atoms with E-state index in [4.69, 9.17) is 9.47 Å². The van der Waals surface area contributed by atoms with Crippen LogP contribution in [0.15, 0.2) is 91.1 Å². The van der Waals surface area contributed by atoms with Crippen molar-refractivity contribution in [2.24, 2.45) is 0 Å². The molecule has 1 aromatic heterocycles. The van der Waals surface area contributed by atoms with Crippen LogP contribution in [0.1, 0.15) is 105 Å². The standard InChI is InChI=1S/C46H54N3O2.Pt/c1-43(2,3)31-16-14-17-35(24-31)48-40-27-32(44(4,5)6)20-21-41(40)49(13)36-18-15-19-37(29-36)50-38-25-34(46(10,11)12)26-39(30-38)51-42-28-33(22-23-47-42)45(7,8)9;/h14-28,48H,13H2,1-12H3;/q-3;. The van der Waals surface area contributed by atoms with E-state index < -0.39 is 0 Å². The maximum absolute atomic E-state index is 6.45. The Balaban J connectivity index is 0.00000605. The van der Waals surface area contributed by atoms with Gasteiger partial charge < -0.3 is 19.7 Å². The van der Waals surface area contributed by atoms with Gasteiger partial charge in [-0.25, -0.2) is 4.98 Å². The van der Waals surface area contributed by atoms with Gasteiger partial charge in [0.25, 0.3) is 0 Å². The van der Waals surface area contributed by atoms with Gasteiger partial charge in [0, 0.05) is 62.0 Å². The van der Waals surface area contributed by atoms with Crippen LogP contribution in [-0.2, 0) is 42.7 Å². The summed E-state index contributed by atoms with van der Waals surface area (Å²) in [5, 5.41) is 3.71. The van der Waals surface area contributed by atoms with Gasteiger partial charge in [0.2, 0.25) is 5.88 Å². The zero-order chi connectivity index (χ0) is 37.4. The average molecular weight is 876 g/mol. The monoisotopic (exact) mass is 875 g/mol. The number of aromatic nitrogens is 1. The summed E-state index contributed by atoms with van der Waals surface area (Å²) in [5.74, 6) is 2.13. The zero-order valence-corrected chi connectivity index (χ0v) is 35.2. The predicted molar refractivity (Wildman–Crippen MR) is 213 cm³/mol. The molecule has 0 unspecified atom stereocenters. The molecule has 0 saturated carbocycles. The Hall–Kier alpha value is -4.08. The van der Waals surface area contributed by atoms with Crippen molar-refractivity contribution in [3.05, 3.63) is 133 Å². The topological polar surface area (TPSA) is 46.6 Å². The molecule has 0 spiro atoms. The van der Waals surface area contributed by atoms with Crippen LogP contribution < -0.4 is 19.7 Å². The summed E-state index contributed by atoms with van der Waals surface area (Å²) in [4.78, 5) is 6.37. The summed E-state index contributed by atoms with van der Waals surface area (Å²) < 4.78 is 12.7. The first kappa shape index (κ1) is 40.7. The Morgan fingerprint density at radius 2 is 1.15 bits per heavy atom. The quantitative estimate of drug-likeness (QED) is 0.157. The van der Waals surface area contributed by atoms with Crippen LogP contribution in [0.3, 0.4) is 0 Å². The maximum Gasteiger partial charge on any atom is 0.216 e. The number of nitrogens with one attached hydrogen (secondary N) is 1. The van der Waals surface area contributed by atoms with Gasteiger partial charge in [0.05, 0.1) is 5.69 Å². The molecule has 5 rings (SSSR count). The summed E-state index contributed by atoms with van der Waals surface area (Å²) in [6.45, 7) is 26.4. The Kier molecular flexibility index (Phi) is 12.1. The van der Waals surface area contributed by atoms with E-state index in [9.17, 15) is 0 Å². The molecule has 278 valence electrons. The van der Waals surface area contributed by atoms with Crippen LogP contribution in [0.25, 0.3) is 0 Å². The molecular formula is C46H54N3O2Pt-3. The molecule has 0 aliphatic heterocycles. The summed E-state index contributed by atoms with van der Waals surface area (Å²) >= 11 is 0. The predicted octanol–water partition coefficient (Wildman–Crippen LogP) is 13.1.